The predicted molar refractivity (Wildman–Crippen MR) is 109 cm³/mol. The Bertz CT molecular complexity index is 803. The summed E-state index contributed by atoms with van der Waals surface area (Å²) in [7, 11) is 0. The van der Waals surface area contributed by atoms with E-state index in [0.29, 0.717) is 35.2 Å². The van der Waals surface area contributed by atoms with Crippen LogP contribution in [0.15, 0.2) is 48.5 Å². The number of rotatable bonds is 5. The molecular formula is C20H21Cl2N3O2. The smallest absolute Gasteiger partial charge is 0.252 e. The van der Waals surface area contributed by atoms with E-state index in [4.69, 9.17) is 23.2 Å². The van der Waals surface area contributed by atoms with Crippen molar-refractivity contribution in [1.82, 2.24) is 10.2 Å². The van der Waals surface area contributed by atoms with Crippen LogP contribution in [0.1, 0.15) is 16.8 Å². The number of carbonyl (C=O) groups excluding carboxylic acids is 2. The molecule has 1 aliphatic rings. The summed E-state index contributed by atoms with van der Waals surface area (Å²) < 4.78 is 0. The van der Waals surface area contributed by atoms with Crippen molar-refractivity contribution in [1.29, 1.82) is 0 Å². The first-order valence-corrected chi connectivity index (χ1v) is 9.61. The number of anilines is 1. The lowest BCUT2D eigenvalue weighted by Gasteiger charge is -2.36. The van der Waals surface area contributed by atoms with Gasteiger partial charge >= 0.3 is 0 Å². The molecule has 1 fully saturated rings. The zero-order chi connectivity index (χ0) is 19.2. The second-order valence-corrected chi connectivity index (χ2v) is 7.17. The van der Waals surface area contributed by atoms with Crippen LogP contribution in [-0.4, -0.2) is 49.4 Å². The Balaban J connectivity index is 1.42. The summed E-state index contributed by atoms with van der Waals surface area (Å²) in [6.07, 6.45) is 0.275. The van der Waals surface area contributed by atoms with Crippen LogP contribution < -0.4 is 10.2 Å². The quantitative estimate of drug-likeness (QED) is 0.828. The van der Waals surface area contributed by atoms with E-state index in [2.05, 4.69) is 10.2 Å². The zero-order valence-corrected chi connectivity index (χ0v) is 16.3. The molecule has 0 unspecified atom stereocenters. The lowest BCUT2D eigenvalue weighted by Crippen LogP contribution is -2.49. The average Bonchev–Trinajstić information content (AvgIpc) is 2.69. The number of benzene rings is 2. The second-order valence-electron chi connectivity index (χ2n) is 6.33. The maximum absolute atomic E-state index is 12.4. The van der Waals surface area contributed by atoms with Crippen LogP contribution in [0, 0.1) is 0 Å². The standard InChI is InChI=1S/C20H21Cl2N3O2/c21-15-5-7-16(8-6-15)24-11-13-25(14-12-24)19(26)9-10-23-20(27)17-3-1-2-4-18(17)22/h1-8H,9-14H2,(H,23,27). The summed E-state index contributed by atoms with van der Waals surface area (Å²) >= 11 is 11.9. The lowest BCUT2D eigenvalue weighted by atomic mass is 10.2. The van der Waals surface area contributed by atoms with Crippen molar-refractivity contribution in [3.63, 3.8) is 0 Å². The van der Waals surface area contributed by atoms with Crippen LogP contribution in [-0.2, 0) is 4.79 Å². The number of nitrogens with zero attached hydrogens (tertiary/aromatic N) is 2. The summed E-state index contributed by atoms with van der Waals surface area (Å²) in [6, 6.07) is 14.6. The Labute approximate surface area is 168 Å². The van der Waals surface area contributed by atoms with Crippen molar-refractivity contribution in [2.24, 2.45) is 0 Å². The molecule has 0 aromatic heterocycles. The predicted octanol–water partition coefficient (Wildman–Crippen LogP) is 3.46. The molecule has 1 saturated heterocycles. The van der Waals surface area contributed by atoms with Gasteiger partial charge in [0.2, 0.25) is 5.91 Å². The van der Waals surface area contributed by atoms with Crippen molar-refractivity contribution in [3.8, 4) is 0 Å². The summed E-state index contributed by atoms with van der Waals surface area (Å²) in [5.74, 6) is -0.217. The highest BCUT2D eigenvalue weighted by atomic mass is 35.5. The number of piperazine rings is 1. The largest absolute Gasteiger partial charge is 0.368 e. The molecule has 0 radical (unpaired) electrons. The summed E-state index contributed by atoms with van der Waals surface area (Å²) in [6.45, 7) is 3.18. The molecule has 142 valence electrons. The Morgan fingerprint density at radius 1 is 0.926 bits per heavy atom. The van der Waals surface area contributed by atoms with Crippen LogP contribution in [0.25, 0.3) is 0 Å². The molecule has 1 heterocycles. The molecule has 0 bridgehead atoms. The van der Waals surface area contributed by atoms with Crippen LogP contribution in [0.4, 0.5) is 5.69 Å². The van der Waals surface area contributed by atoms with Gasteiger partial charge in [-0.25, -0.2) is 0 Å². The maximum Gasteiger partial charge on any atom is 0.252 e. The van der Waals surface area contributed by atoms with Gasteiger partial charge in [-0.2, -0.15) is 0 Å². The van der Waals surface area contributed by atoms with Gasteiger partial charge in [-0.05, 0) is 36.4 Å². The number of nitrogens with one attached hydrogen (secondary N) is 1. The van der Waals surface area contributed by atoms with Crippen LogP contribution in [0.2, 0.25) is 10.0 Å². The molecular weight excluding hydrogens is 385 g/mol. The molecule has 1 N–H and O–H groups in total. The minimum atomic E-state index is -0.263. The molecule has 2 aromatic rings. The first kappa shape index (κ1) is 19.5. The first-order chi connectivity index (χ1) is 13.0. The molecule has 0 aliphatic carbocycles. The van der Waals surface area contributed by atoms with E-state index in [1.54, 1.807) is 24.3 Å². The Morgan fingerprint density at radius 2 is 1.59 bits per heavy atom. The van der Waals surface area contributed by atoms with Crippen molar-refractivity contribution < 1.29 is 9.59 Å². The van der Waals surface area contributed by atoms with Gasteiger partial charge in [0, 0.05) is 49.9 Å². The van der Waals surface area contributed by atoms with Crippen molar-refractivity contribution >= 4 is 40.7 Å². The van der Waals surface area contributed by atoms with E-state index in [-0.39, 0.29) is 18.2 Å². The Kier molecular flexibility index (Phi) is 6.58. The molecule has 2 amide bonds. The average molecular weight is 406 g/mol. The monoisotopic (exact) mass is 405 g/mol. The van der Waals surface area contributed by atoms with Gasteiger partial charge in [-0.15, -0.1) is 0 Å². The molecule has 5 nitrogen and oxygen atoms in total. The molecule has 3 rings (SSSR count). The SMILES string of the molecule is O=C(NCCC(=O)N1CCN(c2ccc(Cl)cc2)CC1)c1ccccc1Cl. The highest BCUT2D eigenvalue weighted by Crippen LogP contribution is 2.19. The fourth-order valence-electron chi connectivity index (χ4n) is 3.05. The van der Waals surface area contributed by atoms with Gasteiger partial charge in [0.15, 0.2) is 0 Å². The van der Waals surface area contributed by atoms with Crippen LogP contribution in [0.5, 0.6) is 0 Å². The molecule has 7 heteroatoms. The van der Waals surface area contributed by atoms with E-state index in [9.17, 15) is 9.59 Å². The fourth-order valence-corrected chi connectivity index (χ4v) is 3.40. The molecule has 2 aromatic carbocycles. The van der Waals surface area contributed by atoms with Gasteiger partial charge in [-0.3, -0.25) is 9.59 Å². The van der Waals surface area contributed by atoms with Gasteiger partial charge in [-0.1, -0.05) is 35.3 Å². The zero-order valence-electron chi connectivity index (χ0n) is 14.8. The number of carbonyl (C=O) groups is 2. The summed E-state index contributed by atoms with van der Waals surface area (Å²) in [5.41, 5.74) is 1.53. The van der Waals surface area contributed by atoms with Crippen LogP contribution >= 0.6 is 23.2 Å². The first-order valence-electron chi connectivity index (χ1n) is 8.85. The third-order valence-corrected chi connectivity index (χ3v) is 5.15. The van der Waals surface area contributed by atoms with Gasteiger partial charge in [0.25, 0.3) is 5.91 Å². The number of hydrogen-bond donors (Lipinski definition) is 1. The minimum absolute atomic E-state index is 0.0465. The van der Waals surface area contributed by atoms with Gasteiger partial charge in [0.1, 0.15) is 0 Å². The van der Waals surface area contributed by atoms with E-state index in [0.717, 1.165) is 18.8 Å². The lowest BCUT2D eigenvalue weighted by molar-refractivity contribution is -0.131. The maximum atomic E-state index is 12.4. The minimum Gasteiger partial charge on any atom is -0.368 e. The third kappa shape index (κ3) is 5.15. The van der Waals surface area contributed by atoms with E-state index >= 15 is 0 Å². The highest BCUT2D eigenvalue weighted by molar-refractivity contribution is 6.33. The summed E-state index contributed by atoms with van der Waals surface area (Å²) in [5, 5.41) is 3.87. The number of amides is 2. The normalized spacial score (nSPS) is 14.1. The summed E-state index contributed by atoms with van der Waals surface area (Å²) in [4.78, 5) is 28.6. The van der Waals surface area contributed by atoms with Gasteiger partial charge < -0.3 is 15.1 Å². The van der Waals surface area contributed by atoms with Crippen LogP contribution in [0.3, 0.4) is 0 Å². The molecule has 0 saturated carbocycles. The number of hydrogen-bond acceptors (Lipinski definition) is 3. The third-order valence-electron chi connectivity index (χ3n) is 4.57. The fraction of sp³-hybridized carbons (Fsp3) is 0.300. The molecule has 0 spiro atoms. The van der Waals surface area contributed by atoms with E-state index < -0.39 is 0 Å². The van der Waals surface area contributed by atoms with Gasteiger partial charge in [0.05, 0.1) is 10.6 Å². The molecule has 1 aliphatic heterocycles. The Morgan fingerprint density at radius 3 is 2.26 bits per heavy atom. The van der Waals surface area contributed by atoms with Crippen molar-refractivity contribution in [3.05, 3.63) is 64.1 Å². The molecule has 0 atom stereocenters. The number of halogens is 2. The van der Waals surface area contributed by atoms with Crippen molar-refractivity contribution in [2.45, 2.75) is 6.42 Å². The molecule has 27 heavy (non-hydrogen) atoms. The second kappa shape index (κ2) is 9.11. The van der Waals surface area contributed by atoms with E-state index in [1.807, 2.05) is 29.2 Å². The Hall–Kier alpha value is -2.24. The van der Waals surface area contributed by atoms with E-state index in [1.165, 1.54) is 0 Å². The topological polar surface area (TPSA) is 52.7 Å². The van der Waals surface area contributed by atoms with Crippen molar-refractivity contribution in [2.75, 3.05) is 37.6 Å². The highest BCUT2D eigenvalue weighted by Gasteiger charge is 2.21.